The van der Waals surface area contributed by atoms with Crippen molar-refractivity contribution in [2.24, 2.45) is 12.8 Å². The van der Waals surface area contributed by atoms with E-state index in [1.807, 2.05) is 51.4 Å². The van der Waals surface area contributed by atoms with Gasteiger partial charge in [-0.2, -0.15) is 0 Å². The third kappa shape index (κ3) is 5.98. The number of anilines is 1. The van der Waals surface area contributed by atoms with Gasteiger partial charge in [-0.25, -0.2) is 4.98 Å². The first-order valence-electron chi connectivity index (χ1n) is 9.63. The molecule has 0 aliphatic heterocycles. The van der Waals surface area contributed by atoms with E-state index in [1.54, 1.807) is 6.07 Å². The van der Waals surface area contributed by atoms with Gasteiger partial charge in [0.15, 0.2) is 5.65 Å². The molecule has 0 unspecified atom stereocenters. The molecule has 0 saturated carbocycles. The molecule has 8 nitrogen and oxygen atoms in total. The largest absolute Gasteiger partial charge is 0.398 e. The van der Waals surface area contributed by atoms with E-state index in [1.165, 1.54) is 23.8 Å². The number of amides is 1. The standard InChI is InChI=1S/C16H17N5OS.2C2H6.CH3NO/c1-21-13(5-9-3-2-4-12(19)10(9)6-17)11(7-18)15-16(21)20-14(8-22)23-15;2*1-2;2-1-3/h2-4,6-7,17-18,22H,5,8,19H2,1H3;2*1-2H3;1H,(H2,2,3). The number of aliphatic hydroxyl groups is 1. The lowest BCUT2D eigenvalue weighted by Crippen LogP contribution is -2.05. The summed E-state index contributed by atoms with van der Waals surface area (Å²) in [6.45, 7) is 7.90. The van der Waals surface area contributed by atoms with Crippen molar-refractivity contribution in [3.8, 4) is 0 Å². The lowest BCUT2D eigenvalue weighted by atomic mass is 10.0. The Balaban J connectivity index is 0.00000108. The summed E-state index contributed by atoms with van der Waals surface area (Å²) in [6.07, 6.45) is 3.41. The van der Waals surface area contributed by atoms with Crippen LogP contribution in [0.15, 0.2) is 18.2 Å². The molecule has 3 aromatic rings. The van der Waals surface area contributed by atoms with Gasteiger partial charge >= 0.3 is 0 Å². The zero-order valence-electron chi connectivity index (χ0n) is 18.2. The lowest BCUT2D eigenvalue weighted by molar-refractivity contribution is -0.106. The fourth-order valence-electron chi connectivity index (χ4n) is 2.77. The minimum absolute atomic E-state index is 0.0979. The van der Waals surface area contributed by atoms with Crippen molar-refractivity contribution in [1.29, 1.82) is 10.8 Å². The molecule has 0 atom stereocenters. The van der Waals surface area contributed by atoms with Crippen molar-refractivity contribution in [3.63, 3.8) is 0 Å². The average molecular weight is 433 g/mol. The van der Waals surface area contributed by atoms with Crippen molar-refractivity contribution in [3.05, 3.63) is 45.6 Å². The van der Waals surface area contributed by atoms with Crippen LogP contribution in [0, 0.1) is 10.8 Å². The maximum atomic E-state index is 9.26. The molecule has 164 valence electrons. The number of nitrogens with zero attached hydrogens (tertiary/aromatic N) is 2. The predicted molar refractivity (Wildman–Crippen MR) is 127 cm³/mol. The Morgan fingerprint density at radius 2 is 1.73 bits per heavy atom. The lowest BCUT2D eigenvalue weighted by Gasteiger charge is -2.10. The number of aromatic nitrogens is 2. The number of nitrogens with two attached hydrogens (primary N) is 2. The molecular weight excluding hydrogens is 400 g/mol. The molecule has 2 heterocycles. The second-order valence-corrected chi connectivity index (χ2v) is 6.44. The first-order valence-corrected chi connectivity index (χ1v) is 10.4. The van der Waals surface area contributed by atoms with E-state index < -0.39 is 0 Å². The summed E-state index contributed by atoms with van der Waals surface area (Å²) in [6, 6.07) is 5.59. The van der Waals surface area contributed by atoms with Crippen LogP contribution < -0.4 is 11.5 Å². The highest BCUT2D eigenvalue weighted by Gasteiger charge is 2.19. The number of fused-ring (bicyclic) bond motifs is 1. The fourth-order valence-corrected chi connectivity index (χ4v) is 3.76. The smallest absolute Gasteiger partial charge is 0.204 e. The highest BCUT2D eigenvalue weighted by atomic mass is 32.1. The summed E-state index contributed by atoms with van der Waals surface area (Å²) in [5.74, 6) is 0. The number of carbonyl (C=O) groups excluding carboxylic acids is 1. The maximum absolute atomic E-state index is 9.26. The van der Waals surface area contributed by atoms with Crippen LogP contribution in [0.3, 0.4) is 0 Å². The first kappa shape index (κ1) is 27.0. The number of benzene rings is 1. The van der Waals surface area contributed by atoms with E-state index in [-0.39, 0.29) is 13.0 Å². The molecule has 0 aliphatic carbocycles. The molecule has 30 heavy (non-hydrogen) atoms. The average Bonchev–Trinajstić information content (AvgIpc) is 3.30. The van der Waals surface area contributed by atoms with Gasteiger partial charge in [0.2, 0.25) is 6.41 Å². The number of thiazole rings is 1. The van der Waals surface area contributed by atoms with Gasteiger partial charge in [0.25, 0.3) is 0 Å². The molecule has 9 heteroatoms. The van der Waals surface area contributed by atoms with Crippen LogP contribution in [0.5, 0.6) is 0 Å². The number of rotatable bonds is 5. The van der Waals surface area contributed by atoms with E-state index in [0.29, 0.717) is 22.7 Å². The van der Waals surface area contributed by atoms with E-state index >= 15 is 0 Å². The van der Waals surface area contributed by atoms with Crippen molar-refractivity contribution < 1.29 is 9.90 Å². The van der Waals surface area contributed by atoms with E-state index in [2.05, 4.69) is 10.7 Å². The van der Waals surface area contributed by atoms with Gasteiger partial charge in [-0.1, -0.05) is 39.8 Å². The van der Waals surface area contributed by atoms with Gasteiger partial charge in [-0.15, -0.1) is 11.3 Å². The number of aliphatic hydroxyl groups excluding tert-OH is 1. The Morgan fingerprint density at radius 3 is 2.23 bits per heavy atom. The molecule has 1 amide bonds. The maximum Gasteiger partial charge on any atom is 0.204 e. The second kappa shape index (κ2) is 14.0. The second-order valence-electron chi connectivity index (χ2n) is 5.36. The monoisotopic (exact) mass is 432 g/mol. The minimum atomic E-state index is -0.0979. The Hall–Kier alpha value is -3.04. The van der Waals surface area contributed by atoms with Crippen LogP contribution in [0.4, 0.5) is 5.69 Å². The number of carbonyl (C=O) groups is 1. The molecule has 1 aromatic carbocycles. The fraction of sp³-hybridized carbons (Fsp3) is 0.333. The normalized spacial score (nSPS) is 9.27. The van der Waals surface area contributed by atoms with Crippen LogP contribution in [-0.4, -0.2) is 33.5 Å². The highest BCUT2D eigenvalue weighted by molar-refractivity contribution is 7.19. The van der Waals surface area contributed by atoms with Gasteiger partial charge in [0, 0.05) is 48.4 Å². The Kier molecular flexibility index (Phi) is 12.6. The van der Waals surface area contributed by atoms with Crippen LogP contribution in [0.2, 0.25) is 0 Å². The molecule has 0 bridgehead atoms. The van der Waals surface area contributed by atoms with Gasteiger partial charge in [-0.3, -0.25) is 4.79 Å². The summed E-state index contributed by atoms with van der Waals surface area (Å²) in [4.78, 5) is 13.0. The molecule has 0 spiro atoms. The van der Waals surface area contributed by atoms with E-state index in [4.69, 9.17) is 21.3 Å². The molecule has 0 aliphatic rings. The van der Waals surface area contributed by atoms with E-state index in [9.17, 15) is 5.11 Å². The van der Waals surface area contributed by atoms with E-state index in [0.717, 1.165) is 27.2 Å². The summed E-state index contributed by atoms with van der Waals surface area (Å²) in [5, 5.41) is 25.2. The SMILES string of the molecule is CC.CC.Cn1c(Cc2cccc(N)c2C=N)c(C=N)c2sc(CO)nc21.NC=O. The summed E-state index contributed by atoms with van der Waals surface area (Å²) >= 11 is 1.40. The quantitative estimate of drug-likeness (QED) is 0.238. The molecule has 7 N–H and O–H groups in total. The Labute approximate surface area is 181 Å². The molecule has 3 rings (SSSR count). The van der Waals surface area contributed by atoms with Gasteiger partial charge in [0.1, 0.15) is 5.01 Å². The van der Waals surface area contributed by atoms with Crippen molar-refractivity contribution in [2.75, 3.05) is 5.73 Å². The zero-order valence-corrected chi connectivity index (χ0v) is 19.0. The topological polar surface area (TPSA) is 155 Å². The van der Waals surface area contributed by atoms with Crippen LogP contribution in [-0.2, 0) is 24.9 Å². The molecule has 0 saturated heterocycles. The highest BCUT2D eigenvalue weighted by Crippen LogP contribution is 2.31. The van der Waals surface area contributed by atoms with Crippen molar-refractivity contribution in [1.82, 2.24) is 9.55 Å². The van der Waals surface area contributed by atoms with Crippen molar-refractivity contribution in [2.45, 2.75) is 40.7 Å². The third-order valence-corrected chi connectivity index (χ3v) is 5.01. The number of aryl methyl sites for hydroxylation is 1. The van der Waals surface area contributed by atoms with Gasteiger partial charge in [0.05, 0.1) is 11.3 Å². The van der Waals surface area contributed by atoms with Gasteiger partial charge in [-0.05, 0) is 11.6 Å². The molecule has 2 aromatic heterocycles. The Bertz CT molecular complexity index is 962. The van der Waals surface area contributed by atoms with Crippen molar-refractivity contribution >= 4 is 46.2 Å². The minimum Gasteiger partial charge on any atom is -0.398 e. The number of nitrogens with one attached hydrogen (secondary N) is 2. The molecule has 0 fully saturated rings. The summed E-state index contributed by atoms with van der Waals surface area (Å²) < 4.78 is 2.85. The predicted octanol–water partition coefficient (Wildman–Crippen LogP) is 3.45. The molecule has 0 radical (unpaired) electrons. The third-order valence-electron chi connectivity index (χ3n) is 3.94. The van der Waals surface area contributed by atoms with Crippen LogP contribution in [0.25, 0.3) is 10.3 Å². The van der Waals surface area contributed by atoms with Gasteiger partial charge < -0.3 is 32.0 Å². The van der Waals surface area contributed by atoms with Crippen LogP contribution in [0.1, 0.15) is 55.1 Å². The number of hydrogen-bond donors (Lipinski definition) is 5. The number of primary amides is 1. The number of nitrogen functional groups attached to an aromatic ring is 1. The Morgan fingerprint density at radius 1 is 1.17 bits per heavy atom. The zero-order chi connectivity index (χ0) is 23.3. The van der Waals surface area contributed by atoms with Crippen LogP contribution >= 0.6 is 11.3 Å². The summed E-state index contributed by atoms with van der Waals surface area (Å²) in [7, 11) is 1.90. The number of hydrogen-bond acceptors (Lipinski definition) is 7. The first-order chi connectivity index (χ1) is 14.5. The summed E-state index contributed by atoms with van der Waals surface area (Å²) in [5.41, 5.74) is 14.9. The molecular formula is C21H32N6O2S.